The van der Waals surface area contributed by atoms with E-state index in [0.717, 1.165) is 16.2 Å². The molecule has 3 heteroatoms. The quantitative estimate of drug-likeness (QED) is 0.633. The maximum absolute atomic E-state index is 8.94. The van der Waals surface area contributed by atoms with Crippen LogP contribution in [0.25, 0.3) is 15.6 Å². The van der Waals surface area contributed by atoms with Crippen molar-refractivity contribution < 1.29 is 0 Å². The van der Waals surface area contributed by atoms with Gasteiger partial charge in [0.2, 0.25) is 5.39 Å². The van der Waals surface area contributed by atoms with E-state index in [1.807, 2.05) is 49.4 Å². The summed E-state index contributed by atoms with van der Waals surface area (Å²) in [7, 11) is -0.841. The lowest BCUT2D eigenvalue weighted by Gasteiger charge is -1.92. The molecule has 0 saturated heterocycles. The molecular formula is C11H10N2P+. The predicted molar refractivity (Wildman–Crippen MR) is 59.8 cm³/mol. The minimum Gasteiger partial charge on any atom is -0.0622 e. The Balaban J connectivity index is 2.59. The van der Waals surface area contributed by atoms with Gasteiger partial charge in [-0.05, 0) is 24.6 Å². The van der Waals surface area contributed by atoms with E-state index < -0.39 is 7.68 Å². The maximum Gasteiger partial charge on any atom is 0.360 e. The Hall–Kier alpha value is -1.58. The first kappa shape index (κ1) is 8.99. The largest absolute Gasteiger partial charge is 0.360 e. The number of hydrogen-bond acceptors (Lipinski definition) is 1. The highest BCUT2D eigenvalue weighted by molar-refractivity contribution is 7.56. The van der Waals surface area contributed by atoms with Crippen LogP contribution in [0.4, 0.5) is 0 Å². The van der Waals surface area contributed by atoms with Crippen LogP contribution in [-0.2, 0) is 0 Å². The van der Waals surface area contributed by atoms with Crippen LogP contribution in [0.3, 0.4) is 0 Å². The first-order chi connectivity index (χ1) is 6.83. The first-order valence-corrected chi connectivity index (χ1v) is 5.71. The van der Waals surface area contributed by atoms with Gasteiger partial charge >= 0.3 is 7.68 Å². The number of rotatable bonds is 1. The van der Waals surface area contributed by atoms with Gasteiger partial charge in [0.25, 0.3) is 0 Å². The molecule has 1 unspecified atom stereocenters. The van der Waals surface area contributed by atoms with Gasteiger partial charge in [-0.25, -0.2) is 0 Å². The lowest BCUT2D eigenvalue weighted by molar-refractivity contribution is 1.51. The molecule has 2 aromatic rings. The number of diazo groups is 1. The van der Waals surface area contributed by atoms with Crippen molar-refractivity contribution >= 4 is 7.68 Å². The second kappa shape index (κ2) is 3.65. The molecule has 1 heterocycles. The lowest BCUT2D eigenvalue weighted by Crippen LogP contribution is -1.68. The summed E-state index contributed by atoms with van der Waals surface area (Å²) >= 11 is 0. The third kappa shape index (κ3) is 1.43. The molecule has 0 aliphatic carbocycles. The Morgan fingerprint density at radius 3 is 2.43 bits per heavy atom. The zero-order valence-corrected chi connectivity index (χ0v) is 8.78. The smallest absolute Gasteiger partial charge is 0.0622 e. The van der Waals surface area contributed by atoms with E-state index in [9.17, 15) is 0 Å². The van der Waals surface area contributed by atoms with E-state index in [-0.39, 0.29) is 0 Å². The summed E-state index contributed by atoms with van der Waals surface area (Å²) in [5, 5.41) is 11.2. The van der Waals surface area contributed by atoms with Crippen LogP contribution in [0.1, 0.15) is 5.30 Å². The minimum atomic E-state index is -0.841. The standard InChI is InChI=1S/C11H10N2P/c1-9-7-8-11(14(9)13-12)10-5-3-2-4-6-10/h2-8H,1H3/q+1. The summed E-state index contributed by atoms with van der Waals surface area (Å²) in [5.41, 5.74) is 1.14. The van der Waals surface area contributed by atoms with Gasteiger partial charge < -0.3 is 0 Å². The zero-order valence-electron chi connectivity index (χ0n) is 7.88. The Morgan fingerprint density at radius 1 is 1.07 bits per heavy atom. The van der Waals surface area contributed by atoms with Gasteiger partial charge in [0.15, 0.2) is 4.75 Å². The second-order valence-electron chi connectivity index (χ2n) is 3.13. The number of hydrogen-bond donors (Lipinski definition) is 0. The van der Waals surface area contributed by atoms with E-state index in [1.54, 1.807) is 0 Å². The van der Waals surface area contributed by atoms with E-state index in [4.69, 9.17) is 5.39 Å². The molecule has 0 spiro atoms. The molecule has 68 valence electrons. The fraction of sp³-hybridized carbons (Fsp3) is 0.0909. The Kier molecular flexibility index (Phi) is 2.35. The topological polar surface area (TPSA) is 28.1 Å². The maximum atomic E-state index is 8.94. The summed E-state index contributed by atoms with van der Waals surface area (Å²) in [6.07, 6.45) is 0. The van der Waals surface area contributed by atoms with Gasteiger partial charge in [-0.1, -0.05) is 30.3 Å². The Morgan fingerprint density at radius 2 is 1.79 bits per heavy atom. The third-order valence-corrected chi connectivity index (χ3v) is 4.06. The average Bonchev–Trinajstić information content (AvgIpc) is 2.61. The summed E-state index contributed by atoms with van der Waals surface area (Å²) in [5.74, 6) is 0. The monoisotopic (exact) mass is 201 g/mol. The van der Waals surface area contributed by atoms with E-state index in [0.29, 0.717) is 0 Å². The molecule has 0 saturated carbocycles. The van der Waals surface area contributed by atoms with Crippen LogP contribution in [-0.4, -0.2) is 0 Å². The zero-order chi connectivity index (χ0) is 9.97. The molecule has 0 N–H and O–H groups in total. The molecule has 1 atom stereocenters. The number of aryl methyl sites for hydroxylation is 1. The normalized spacial score (nSPS) is 11.0. The number of nitrogens with zero attached hydrogens (tertiary/aromatic N) is 2. The Labute approximate surface area is 83.9 Å². The summed E-state index contributed by atoms with van der Waals surface area (Å²) in [6, 6.07) is 14.1. The van der Waals surface area contributed by atoms with Gasteiger partial charge in [0.1, 0.15) is 0 Å². The van der Waals surface area contributed by atoms with Gasteiger partial charge in [0, 0.05) is 0 Å². The highest BCUT2D eigenvalue weighted by atomic mass is 31.1. The predicted octanol–water partition coefficient (Wildman–Crippen LogP) is 4.26. The number of benzene rings is 1. The van der Waals surface area contributed by atoms with Crippen LogP contribution < -0.4 is 0 Å². The van der Waals surface area contributed by atoms with E-state index >= 15 is 0 Å². The van der Waals surface area contributed by atoms with Gasteiger partial charge in [-0.3, -0.25) is 0 Å². The summed E-state index contributed by atoms with van der Waals surface area (Å²) in [4.78, 5) is 0. The summed E-state index contributed by atoms with van der Waals surface area (Å²) in [6.45, 7) is 2.00. The van der Waals surface area contributed by atoms with Crippen molar-refractivity contribution in [3.05, 3.63) is 52.5 Å². The van der Waals surface area contributed by atoms with Crippen molar-refractivity contribution in [2.45, 2.75) is 6.92 Å². The van der Waals surface area contributed by atoms with Crippen LogP contribution in [0.2, 0.25) is 0 Å². The van der Waals surface area contributed by atoms with E-state index in [2.05, 4.69) is 4.75 Å². The first-order valence-electron chi connectivity index (χ1n) is 4.42. The molecule has 2 nitrogen and oxygen atoms in total. The van der Waals surface area contributed by atoms with E-state index in [1.165, 1.54) is 0 Å². The SMILES string of the molecule is Cc1ccc(-c2ccccc2)p1[N+]#N. The highest BCUT2D eigenvalue weighted by Crippen LogP contribution is 2.46. The lowest BCUT2D eigenvalue weighted by atomic mass is 10.2. The molecule has 0 bridgehead atoms. The van der Waals surface area contributed by atoms with Crippen molar-refractivity contribution in [3.8, 4) is 10.9 Å². The molecule has 0 amide bonds. The molecule has 1 aromatic carbocycles. The van der Waals surface area contributed by atoms with Crippen molar-refractivity contribution in [1.82, 2.24) is 0 Å². The minimum absolute atomic E-state index is 0.841. The second-order valence-corrected chi connectivity index (χ2v) is 5.12. The highest BCUT2D eigenvalue weighted by Gasteiger charge is 2.18. The molecule has 14 heavy (non-hydrogen) atoms. The van der Waals surface area contributed by atoms with Crippen molar-refractivity contribution in [2.75, 3.05) is 0 Å². The van der Waals surface area contributed by atoms with Crippen LogP contribution >= 0.6 is 7.68 Å². The van der Waals surface area contributed by atoms with Crippen molar-refractivity contribution in [1.29, 1.82) is 5.39 Å². The fourth-order valence-electron chi connectivity index (χ4n) is 1.48. The molecule has 2 rings (SSSR count). The molecular weight excluding hydrogens is 191 g/mol. The van der Waals surface area contributed by atoms with Crippen LogP contribution in [0, 0.1) is 12.3 Å². The molecule has 0 aliphatic heterocycles. The van der Waals surface area contributed by atoms with Gasteiger partial charge in [-0.2, -0.15) is 0 Å². The third-order valence-electron chi connectivity index (χ3n) is 2.20. The van der Waals surface area contributed by atoms with Gasteiger partial charge in [0.05, 0.1) is 10.6 Å². The molecule has 0 fully saturated rings. The fourth-order valence-corrected chi connectivity index (χ4v) is 2.92. The summed E-state index contributed by atoms with van der Waals surface area (Å²) < 4.78 is 3.45. The average molecular weight is 201 g/mol. The van der Waals surface area contributed by atoms with Crippen molar-refractivity contribution in [3.63, 3.8) is 0 Å². The van der Waals surface area contributed by atoms with Crippen LogP contribution in [0.15, 0.2) is 42.5 Å². The van der Waals surface area contributed by atoms with Crippen molar-refractivity contribution in [2.24, 2.45) is 0 Å². The van der Waals surface area contributed by atoms with Gasteiger partial charge in [-0.15, -0.1) is 0 Å². The Bertz CT molecular complexity index is 480. The molecule has 0 aliphatic rings. The molecule has 0 radical (unpaired) electrons. The molecule has 1 aromatic heterocycles. The van der Waals surface area contributed by atoms with Crippen LogP contribution in [0.5, 0.6) is 0 Å².